The standard InChI is InChI=1S/C15H29N.F6P/c1-5-8-9-10-15(4)11-14-16(12-6-2)13-7-3;1-7(2,3,4,5)6/h6-7,15H,2-3,5,8-14H2,1,4H3;/q;-1/p+1. The molecule has 0 aliphatic rings. The Labute approximate surface area is 135 Å². The molecule has 0 aliphatic heterocycles. The number of unbranched alkanes of at least 4 members (excludes halogenated alkanes) is 2. The Balaban J connectivity index is 0. The van der Waals surface area contributed by atoms with Crippen LogP contribution in [0.25, 0.3) is 0 Å². The molecule has 0 saturated heterocycles. The average molecular weight is 369 g/mol. The van der Waals surface area contributed by atoms with Crippen LogP contribution in [0.1, 0.15) is 46.0 Å². The molecule has 142 valence electrons. The summed E-state index contributed by atoms with van der Waals surface area (Å²) in [7, 11) is -10.7. The van der Waals surface area contributed by atoms with Crippen LogP contribution in [-0.2, 0) is 0 Å². The summed E-state index contributed by atoms with van der Waals surface area (Å²) in [5.74, 6) is 0.871. The minimum atomic E-state index is -10.7. The Morgan fingerprint density at radius 2 is 1.35 bits per heavy atom. The van der Waals surface area contributed by atoms with E-state index in [0.29, 0.717) is 0 Å². The van der Waals surface area contributed by atoms with Gasteiger partial charge in [-0.15, -0.1) is 0 Å². The van der Waals surface area contributed by atoms with E-state index in [-0.39, 0.29) is 0 Å². The van der Waals surface area contributed by atoms with Crippen molar-refractivity contribution >= 4 is 7.81 Å². The summed E-state index contributed by atoms with van der Waals surface area (Å²) in [6, 6.07) is 0. The van der Waals surface area contributed by atoms with Gasteiger partial charge in [0.15, 0.2) is 0 Å². The molecule has 0 fully saturated rings. The van der Waals surface area contributed by atoms with Gasteiger partial charge in [-0.05, 0) is 24.5 Å². The molecule has 0 aromatic heterocycles. The van der Waals surface area contributed by atoms with E-state index in [2.05, 4.69) is 27.0 Å². The van der Waals surface area contributed by atoms with Gasteiger partial charge in [-0.2, -0.15) is 0 Å². The van der Waals surface area contributed by atoms with Crippen molar-refractivity contribution < 1.29 is 30.1 Å². The van der Waals surface area contributed by atoms with Gasteiger partial charge >= 0.3 is 33.0 Å². The number of hydrogen-bond donors (Lipinski definition) is 1. The fraction of sp³-hybridized carbons (Fsp3) is 0.733. The summed E-state index contributed by atoms with van der Waals surface area (Å²) in [5.41, 5.74) is 0. The second-order valence-corrected chi connectivity index (χ2v) is 7.75. The van der Waals surface area contributed by atoms with Crippen molar-refractivity contribution in [2.75, 3.05) is 19.6 Å². The van der Waals surface area contributed by atoms with Crippen molar-refractivity contribution in [3.63, 3.8) is 0 Å². The Bertz CT molecular complexity index is 316. The number of rotatable bonds is 11. The molecule has 1 nitrogen and oxygen atoms in total. The SMILES string of the molecule is C=CC[NH+](CC=C)CCC(C)CCCCC.F[P-](F)(F)(F)(F)F. The zero-order valence-corrected chi connectivity index (χ0v) is 14.9. The summed E-state index contributed by atoms with van der Waals surface area (Å²) in [4.78, 5) is 1.59. The molecule has 0 aromatic carbocycles. The van der Waals surface area contributed by atoms with Gasteiger partial charge in [0.05, 0.1) is 19.6 Å². The quantitative estimate of drug-likeness (QED) is 0.190. The molecule has 0 aliphatic carbocycles. The van der Waals surface area contributed by atoms with Crippen LogP contribution in [-0.4, -0.2) is 19.6 Å². The van der Waals surface area contributed by atoms with Crippen LogP contribution in [0.5, 0.6) is 0 Å². The van der Waals surface area contributed by atoms with Gasteiger partial charge in [0.25, 0.3) is 0 Å². The van der Waals surface area contributed by atoms with Crippen LogP contribution in [0.15, 0.2) is 25.3 Å². The van der Waals surface area contributed by atoms with Crippen LogP contribution < -0.4 is 4.90 Å². The fourth-order valence-corrected chi connectivity index (χ4v) is 2.03. The van der Waals surface area contributed by atoms with E-state index in [1.807, 2.05) is 12.2 Å². The first kappa shape index (κ1) is 24.7. The van der Waals surface area contributed by atoms with Crippen molar-refractivity contribution in [2.24, 2.45) is 5.92 Å². The second kappa shape index (κ2) is 9.67. The molecule has 0 saturated carbocycles. The van der Waals surface area contributed by atoms with E-state index in [0.717, 1.165) is 19.0 Å². The minimum absolute atomic E-state index is 0.871. The molecule has 8 heteroatoms. The molecular formula is C15H30F6NP. The van der Waals surface area contributed by atoms with Crippen molar-refractivity contribution in [1.29, 1.82) is 0 Å². The molecule has 1 unspecified atom stereocenters. The molecule has 1 N–H and O–H groups in total. The third-order valence-electron chi connectivity index (χ3n) is 3.16. The molecule has 23 heavy (non-hydrogen) atoms. The molecule has 0 spiro atoms. The Morgan fingerprint density at radius 1 is 0.913 bits per heavy atom. The number of halogens is 6. The summed E-state index contributed by atoms with van der Waals surface area (Å²) >= 11 is 0. The zero-order chi connectivity index (χ0) is 18.6. The van der Waals surface area contributed by atoms with E-state index in [9.17, 15) is 25.2 Å². The maximum atomic E-state index is 9.87. The topological polar surface area (TPSA) is 4.44 Å². The first-order chi connectivity index (χ1) is 10.2. The van der Waals surface area contributed by atoms with Crippen molar-refractivity contribution in [3.05, 3.63) is 25.3 Å². The van der Waals surface area contributed by atoms with Crippen LogP contribution in [0.3, 0.4) is 0 Å². The van der Waals surface area contributed by atoms with Crippen molar-refractivity contribution in [1.82, 2.24) is 0 Å². The maximum absolute atomic E-state index is 10.7. The molecule has 0 amide bonds. The van der Waals surface area contributed by atoms with Gasteiger partial charge < -0.3 is 4.90 Å². The zero-order valence-electron chi connectivity index (χ0n) is 14.0. The number of nitrogens with one attached hydrogen (secondary N) is 1. The van der Waals surface area contributed by atoms with Gasteiger partial charge in [0.2, 0.25) is 0 Å². The third-order valence-corrected chi connectivity index (χ3v) is 3.16. The monoisotopic (exact) mass is 369 g/mol. The van der Waals surface area contributed by atoms with E-state index >= 15 is 0 Å². The number of quaternary nitrogens is 1. The number of hydrogen-bond acceptors (Lipinski definition) is 0. The van der Waals surface area contributed by atoms with Crippen LogP contribution in [0.2, 0.25) is 0 Å². The summed E-state index contributed by atoms with van der Waals surface area (Å²) in [6.07, 6.45) is 10.9. The predicted octanol–water partition coefficient (Wildman–Crippen LogP) is 6.23. The third kappa shape index (κ3) is 34.0. The van der Waals surface area contributed by atoms with E-state index < -0.39 is 7.81 Å². The molecule has 0 rings (SSSR count). The van der Waals surface area contributed by atoms with Crippen molar-refractivity contribution in [2.45, 2.75) is 46.0 Å². The second-order valence-electron chi connectivity index (χ2n) is 5.83. The van der Waals surface area contributed by atoms with Gasteiger partial charge in [-0.1, -0.05) is 52.7 Å². The Hall–Kier alpha value is -0.550. The van der Waals surface area contributed by atoms with Crippen LogP contribution in [0, 0.1) is 5.92 Å². The van der Waals surface area contributed by atoms with Crippen LogP contribution >= 0.6 is 7.81 Å². The Morgan fingerprint density at radius 3 is 1.70 bits per heavy atom. The summed E-state index contributed by atoms with van der Waals surface area (Å²) in [5, 5.41) is 0. The Kier molecular flexibility index (Phi) is 10.4. The van der Waals surface area contributed by atoms with Gasteiger partial charge in [-0.25, -0.2) is 0 Å². The average Bonchev–Trinajstić information content (AvgIpc) is 2.33. The molecule has 1 atom stereocenters. The van der Waals surface area contributed by atoms with Gasteiger partial charge in [-0.3, -0.25) is 0 Å². The van der Waals surface area contributed by atoms with Gasteiger partial charge in [0.1, 0.15) is 0 Å². The molecule has 0 bridgehead atoms. The van der Waals surface area contributed by atoms with E-state index in [4.69, 9.17) is 0 Å². The van der Waals surface area contributed by atoms with E-state index in [1.165, 1.54) is 38.6 Å². The molecule has 0 radical (unpaired) electrons. The normalized spacial score (nSPS) is 15.9. The fourth-order valence-electron chi connectivity index (χ4n) is 2.03. The van der Waals surface area contributed by atoms with Crippen molar-refractivity contribution in [3.8, 4) is 0 Å². The molecular weight excluding hydrogens is 339 g/mol. The molecule has 0 aromatic rings. The van der Waals surface area contributed by atoms with Crippen LogP contribution in [0.4, 0.5) is 25.2 Å². The summed E-state index contributed by atoms with van der Waals surface area (Å²) in [6.45, 7) is 15.7. The molecule has 0 heterocycles. The summed E-state index contributed by atoms with van der Waals surface area (Å²) < 4.78 is 59.2. The van der Waals surface area contributed by atoms with E-state index in [1.54, 1.807) is 4.90 Å². The first-order valence-electron chi connectivity index (χ1n) is 7.81. The van der Waals surface area contributed by atoms with Gasteiger partial charge in [0, 0.05) is 0 Å². The first-order valence-corrected chi connectivity index (χ1v) is 9.84. The predicted molar refractivity (Wildman–Crippen MR) is 87.4 cm³/mol.